The first-order chi connectivity index (χ1) is 12.9. The molecule has 1 aliphatic rings. The van der Waals surface area contributed by atoms with Crippen LogP contribution in [0.25, 0.3) is 0 Å². The van der Waals surface area contributed by atoms with E-state index in [1.807, 2.05) is 6.92 Å². The summed E-state index contributed by atoms with van der Waals surface area (Å²) in [5.74, 6) is -0.108. The highest BCUT2D eigenvalue weighted by molar-refractivity contribution is 5.83. The minimum atomic E-state index is -0.462. The molecule has 140 valence electrons. The summed E-state index contributed by atoms with van der Waals surface area (Å²) in [5.41, 5.74) is 1.61. The molecule has 0 bridgehead atoms. The van der Waals surface area contributed by atoms with Crippen molar-refractivity contribution in [2.24, 2.45) is 5.92 Å². The monoisotopic (exact) mass is 369 g/mol. The molecule has 0 aromatic heterocycles. The molecule has 1 N–H and O–H groups in total. The molecule has 0 amide bonds. The van der Waals surface area contributed by atoms with Crippen molar-refractivity contribution >= 4 is 17.2 Å². The Kier molecular flexibility index (Phi) is 5.27. The molecule has 2 aromatic carbocycles. The number of piperidine rings is 1. The lowest BCUT2D eigenvalue weighted by Crippen LogP contribution is -2.42. The van der Waals surface area contributed by atoms with Crippen LogP contribution in [-0.2, 0) is 4.79 Å². The molecule has 0 aliphatic carbocycles. The fraction of sp³-hybridized carbons (Fsp3) is 0.316. The number of nitro groups is 2. The molecule has 2 aromatic rings. The summed E-state index contributed by atoms with van der Waals surface area (Å²) in [5, 5.41) is 25.1. The lowest BCUT2D eigenvalue weighted by atomic mass is 9.79. The highest BCUT2D eigenvalue weighted by Crippen LogP contribution is 2.37. The number of hydrogen-bond acceptors (Lipinski definition) is 6. The number of carbonyl (C=O) groups excluding carboxylic acids is 1. The van der Waals surface area contributed by atoms with Gasteiger partial charge in [0.1, 0.15) is 5.78 Å². The number of non-ortho nitro benzene ring substituents is 2. The highest BCUT2D eigenvalue weighted by atomic mass is 16.6. The van der Waals surface area contributed by atoms with Crippen LogP contribution in [0.5, 0.6) is 0 Å². The average molecular weight is 369 g/mol. The van der Waals surface area contributed by atoms with E-state index in [1.165, 1.54) is 24.3 Å². The number of nitro benzene ring substituents is 2. The molecule has 3 rings (SSSR count). The average Bonchev–Trinajstić information content (AvgIpc) is 2.67. The van der Waals surface area contributed by atoms with Gasteiger partial charge in [-0.3, -0.25) is 25.0 Å². The number of nitrogens with one attached hydrogen (secondary N) is 1. The summed E-state index contributed by atoms with van der Waals surface area (Å²) in [7, 11) is 0. The van der Waals surface area contributed by atoms with Crippen LogP contribution in [0.1, 0.15) is 43.0 Å². The summed E-state index contributed by atoms with van der Waals surface area (Å²) in [6, 6.07) is 11.8. The molecule has 27 heavy (non-hydrogen) atoms. The van der Waals surface area contributed by atoms with Gasteiger partial charge in [0.15, 0.2) is 0 Å². The third-order valence-corrected chi connectivity index (χ3v) is 5.01. The van der Waals surface area contributed by atoms with Crippen LogP contribution in [0.3, 0.4) is 0 Å². The van der Waals surface area contributed by atoms with Gasteiger partial charge in [-0.25, -0.2) is 0 Å². The summed E-state index contributed by atoms with van der Waals surface area (Å²) in [4.78, 5) is 33.5. The van der Waals surface area contributed by atoms with Crippen molar-refractivity contribution in [1.29, 1.82) is 0 Å². The van der Waals surface area contributed by atoms with E-state index < -0.39 is 9.85 Å². The van der Waals surface area contributed by atoms with E-state index in [9.17, 15) is 25.0 Å². The Morgan fingerprint density at radius 2 is 1.41 bits per heavy atom. The maximum absolute atomic E-state index is 12.7. The van der Waals surface area contributed by atoms with Crippen molar-refractivity contribution in [3.8, 4) is 0 Å². The number of hydrogen-bond donors (Lipinski definition) is 1. The van der Waals surface area contributed by atoms with Gasteiger partial charge in [-0.15, -0.1) is 0 Å². The number of Topliss-reactive ketones (excluding diaryl/α,β-unsaturated/α-hetero) is 1. The van der Waals surface area contributed by atoms with Gasteiger partial charge >= 0.3 is 0 Å². The second-order valence-electron chi connectivity index (χ2n) is 6.58. The molecule has 8 heteroatoms. The van der Waals surface area contributed by atoms with Gasteiger partial charge in [0.2, 0.25) is 0 Å². The molecule has 1 heterocycles. The summed E-state index contributed by atoms with van der Waals surface area (Å²) in [6.45, 7) is 1.94. The normalized spacial score (nSPS) is 22.4. The molecule has 8 nitrogen and oxygen atoms in total. The topological polar surface area (TPSA) is 115 Å². The van der Waals surface area contributed by atoms with Crippen LogP contribution in [0, 0.1) is 26.1 Å². The minimum absolute atomic E-state index is 0.000704. The van der Waals surface area contributed by atoms with Crippen molar-refractivity contribution < 1.29 is 14.6 Å². The number of carbonyl (C=O) groups is 1. The first-order valence-corrected chi connectivity index (χ1v) is 8.68. The van der Waals surface area contributed by atoms with Gasteiger partial charge in [0, 0.05) is 48.7 Å². The SMILES string of the molecule is CC[C@H]1C(=O)C[C@@H](c2ccc([N+](=O)[O-])cc2)N[C@@H]1c1ccc([N+](=O)[O-])cc1. The van der Waals surface area contributed by atoms with E-state index >= 15 is 0 Å². The third kappa shape index (κ3) is 3.85. The molecule has 0 spiro atoms. The van der Waals surface area contributed by atoms with Crippen LogP contribution >= 0.6 is 0 Å². The van der Waals surface area contributed by atoms with Gasteiger partial charge in [-0.2, -0.15) is 0 Å². The lowest BCUT2D eigenvalue weighted by Gasteiger charge is -2.36. The van der Waals surface area contributed by atoms with E-state index in [2.05, 4.69) is 5.32 Å². The minimum Gasteiger partial charge on any atom is -0.302 e. The van der Waals surface area contributed by atoms with Gasteiger partial charge < -0.3 is 5.32 Å². The van der Waals surface area contributed by atoms with Crippen LogP contribution in [0.15, 0.2) is 48.5 Å². The second kappa shape index (κ2) is 7.63. The predicted octanol–water partition coefficient (Wildman–Crippen LogP) is 3.87. The van der Waals surface area contributed by atoms with E-state index in [-0.39, 0.29) is 35.2 Å². The first kappa shape index (κ1) is 18.7. The fourth-order valence-corrected chi connectivity index (χ4v) is 3.57. The van der Waals surface area contributed by atoms with Gasteiger partial charge in [-0.05, 0) is 17.5 Å². The van der Waals surface area contributed by atoms with Crippen LogP contribution in [-0.4, -0.2) is 15.6 Å². The Balaban J connectivity index is 1.88. The molecule has 3 atom stereocenters. The maximum Gasteiger partial charge on any atom is 0.269 e. The lowest BCUT2D eigenvalue weighted by molar-refractivity contribution is -0.385. The fourth-order valence-electron chi connectivity index (χ4n) is 3.57. The Morgan fingerprint density at radius 3 is 1.85 bits per heavy atom. The van der Waals surface area contributed by atoms with Crippen LogP contribution in [0.4, 0.5) is 11.4 Å². The predicted molar refractivity (Wildman–Crippen MR) is 98.2 cm³/mol. The number of benzene rings is 2. The number of ketones is 1. The Morgan fingerprint density at radius 1 is 0.926 bits per heavy atom. The Bertz CT molecular complexity index is 864. The van der Waals surface area contributed by atoms with Gasteiger partial charge in [0.05, 0.1) is 9.85 Å². The summed E-state index contributed by atoms with van der Waals surface area (Å²) >= 11 is 0. The molecular weight excluding hydrogens is 350 g/mol. The van der Waals surface area contributed by atoms with Crippen LogP contribution in [0.2, 0.25) is 0 Å². The van der Waals surface area contributed by atoms with Gasteiger partial charge in [0.25, 0.3) is 11.4 Å². The molecule has 1 aliphatic heterocycles. The second-order valence-corrected chi connectivity index (χ2v) is 6.58. The molecule has 0 unspecified atom stereocenters. The van der Waals surface area contributed by atoms with E-state index in [4.69, 9.17) is 0 Å². The standard InChI is InChI=1S/C19H19N3O5/c1-2-16-18(23)11-17(12-3-7-14(8-4-12)21(24)25)20-19(16)13-5-9-15(10-6-13)22(26)27/h3-10,16-17,19-20H,2,11H2,1H3/t16-,17-,19+/m0/s1. The third-order valence-electron chi connectivity index (χ3n) is 5.01. The largest absolute Gasteiger partial charge is 0.302 e. The zero-order chi connectivity index (χ0) is 19.6. The highest BCUT2D eigenvalue weighted by Gasteiger charge is 2.36. The Labute approximate surface area is 155 Å². The maximum atomic E-state index is 12.7. The van der Waals surface area contributed by atoms with Crippen molar-refractivity contribution in [1.82, 2.24) is 5.32 Å². The van der Waals surface area contributed by atoms with Gasteiger partial charge in [-0.1, -0.05) is 31.2 Å². The van der Waals surface area contributed by atoms with Crippen molar-refractivity contribution in [2.45, 2.75) is 31.8 Å². The number of rotatable bonds is 5. The molecule has 1 saturated heterocycles. The zero-order valence-corrected chi connectivity index (χ0v) is 14.7. The van der Waals surface area contributed by atoms with E-state index in [0.717, 1.165) is 11.1 Å². The molecule has 0 saturated carbocycles. The molecule has 1 fully saturated rings. The quantitative estimate of drug-likeness (QED) is 0.632. The van der Waals surface area contributed by atoms with Crippen molar-refractivity contribution in [3.63, 3.8) is 0 Å². The molecular formula is C19H19N3O5. The zero-order valence-electron chi connectivity index (χ0n) is 14.7. The number of nitrogens with zero attached hydrogens (tertiary/aromatic N) is 2. The molecule has 0 radical (unpaired) electrons. The van der Waals surface area contributed by atoms with Crippen LogP contribution < -0.4 is 5.32 Å². The van der Waals surface area contributed by atoms with Crippen molar-refractivity contribution in [2.75, 3.05) is 0 Å². The summed E-state index contributed by atoms with van der Waals surface area (Å²) in [6.07, 6.45) is 0.959. The smallest absolute Gasteiger partial charge is 0.269 e. The summed E-state index contributed by atoms with van der Waals surface area (Å²) < 4.78 is 0. The Hall–Kier alpha value is -3.13. The first-order valence-electron chi connectivity index (χ1n) is 8.68. The van der Waals surface area contributed by atoms with E-state index in [1.54, 1.807) is 24.3 Å². The van der Waals surface area contributed by atoms with Crippen molar-refractivity contribution in [3.05, 3.63) is 79.9 Å². The van der Waals surface area contributed by atoms with E-state index in [0.29, 0.717) is 12.8 Å².